The van der Waals surface area contributed by atoms with E-state index in [1.807, 2.05) is 35.2 Å². The summed E-state index contributed by atoms with van der Waals surface area (Å²) in [6.45, 7) is 0.747. The van der Waals surface area contributed by atoms with Crippen LogP contribution in [0.5, 0.6) is 0 Å². The molecule has 0 aromatic carbocycles. The molecule has 37 heavy (non-hydrogen) atoms. The van der Waals surface area contributed by atoms with Crippen molar-refractivity contribution in [2.75, 3.05) is 18.0 Å². The fourth-order valence-corrected chi connectivity index (χ4v) is 6.05. The van der Waals surface area contributed by atoms with Crippen LogP contribution in [0.4, 0.5) is 5.13 Å². The number of oxime groups is 1. The summed E-state index contributed by atoms with van der Waals surface area (Å²) in [4.78, 5) is 60.7. The number of hydrogen-bond acceptors (Lipinski definition) is 10. The topological polar surface area (TPSA) is 180 Å². The number of carboxylic acids is 1. The number of nitrogen functional groups attached to an aromatic ring is 1. The second-order valence-corrected chi connectivity index (χ2v) is 10.3. The molecule has 3 atom stereocenters. The van der Waals surface area contributed by atoms with E-state index < -0.39 is 35.3 Å². The van der Waals surface area contributed by atoms with Crippen LogP contribution in [0.15, 0.2) is 52.4 Å². The van der Waals surface area contributed by atoms with Crippen molar-refractivity contribution < 1.29 is 33.7 Å². The second kappa shape index (κ2) is 10.2. The second-order valence-electron chi connectivity index (χ2n) is 8.35. The number of nitrogens with two attached hydrogens (primary N) is 1. The average Bonchev–Trinajstić information content (AvgIpc) is 3.50. The van der Waals surface area contributed by atoms with Crippen molar-refractivity contribution in [1.29, 1.82) is 0 Å². The number of amides is 3. The Morgan fingerprint density at radius 1 is 1.32 bits per heavy atom. The number of carbonyl (C=O) groups excluding carboxylic acids is 3. The van der Waals surface area contributed by atoms with Crippen LogP contribution in [-0.2, 0) is 30.6 Å². The van der Waals surface area contributed by atoms with E-state index in [0.717, 1.165) is 11.3 Å². The third-order valence-electron chi connectivity index (χ3n) is 5.94. The van der Waals surface area contributed by atoms with E-state index in [0.29, 0.717) is 30.8 Å². The lowest BCUT2D eigenvalue weighted by Gasteiger charge is -2.49. The van der Waals surface area contributed by atoms with E-state index in [9.17, 15) is 24.3 Å². The van der Waals surface area contributed by atoms with Gasteiger partial charge in [-0.15, -0.1) is 23.1 Å². The standard InChI is InChI=1S/C22H21N7O6S2/c23-22-25-12(10-37-22)14(27-35-13-4-5-24-17(13)30)18(31)26-15-19(32)29-16(21(33)34)11(9-36-20(15)29)8-28-6-2-1-3-7-28/h1-3,6-7,10,13,15,20H,4-5,8-9H2,(H4-,23,24,25,26,30,31,33,34)/p+1/b27-14-/t13?,15-,20+/m1/s1. The Kier molecular flexibility index (Phi) is 6.80. The van der Waals surface area contributed by atoms with Crippen molar-refractivity contribution in [3.05, 3.63) is 52.9 Å². The molecule has 2 fully saturated rings. The lowest BCUT2D eigenvalue weighted by atomic mass is 10.0. The summed E-state index contributed by atoms with van der Waals surface area (Å²) in [5.41, 5.74) is 6.11. The van der Waals surface area contributed by atoms with Gasteiger partial charge in [-0.1, -0.05) is 11.2 Å². The lowest BCUT2D eigenvalue weighted by molar-refractivity contribution is -0.689. The number of hydrogen-bond donors (Lipinski definition) is 4. The quantitative estimate of drug-likeness (QED) is 0.141. The van der Waals surface area contributed by atoms with Crippen LogP contribution >= 0.6 is 23.1 Å². The number of carboxylic acid groups (broad SMARTS) is 1. The molecule has 0 aliphatic carbocycles. The summed E-state index contributed by atoms with van der Waals surface area (Å²) in [7, 11) is 0. The van der Waals surface area contributed by atoms with Crippen LogP contribution in [0, 0.1) is 0 Å². The Morgan fingerprint density at radius 3 is 2.76 bits per heavy atom. The van der Waals surface area contributed by atoms with Crippen LogP contribution < -0.4 is 20.9 Å². The minimum absolute atomic E-state index is 0.0765. The number of fused-ring (bicyclic) bond motifs is 1. The largest absolute Gasteiger partial charge is 0.477 e. The van der Waals surface area contributed by atoms with Gasteiger partial charge >= 0.3 is 5.97 Å². The molecule has 0 saturated carbocycles. The molecule has 0 bridgehead atoms. The molecule has 2 aromatic heterocycles. The first kappa shape index (κ1) is 24.7. The van der Waals surface area contributed by atoms with Gasteiger partial charge in [0.25, 0.3) is 17.7 Å². The number of pyridine rings is 1. The number of nitrogens with one attached hydrogen (secondary N) is 2. The molecule has 5 rings (SSSR count). The van der Waals surface area contributed by atoms with Crippen molar-refractivity contribution in [2.24, 2.45) is 5.16 Å². The zero-order valence-electron chi connectivity index (χ0n) is 19.2. The Labute approximate surface area is 218 Å². The van der Waals surface area contributed by atoms with Crippen LogP contribution in [0.3, 0.4) is 0 Å². The van der Waals surface area contributed by atoms with Gasteiger partial charge in [0.15, 0.2) is 29.8 Å². The molecular weight excluding hydrogens is 522 g/mol. The van der Waals surface area contributed by atoms with Gasteiger partial charge < -0.3 is 26.3 Å². The summed E-state index contributed by atoms with van der Waals surface area (Å²) in [5, 5.41) is 20.1. The number of rotatable bonds is 8. The summed E-state index contributed by atoms with van der Waals surface area (Å²) in [6, 6.07) is 4.54. The maximum absolute atomic E-state index is 13.2. The van der Waals surface area contributed by atoms with Gasteiger partial charge in [-0.25, -0.2) is 14.3 Å². The van der Waals surface area contributed by atoms with Crippen LogP contribution in [0.1, 0.15) is 12.1 Å². The van der Waals surface area contributed by atoms with Gasteiger partial charge in [-0.05, 0) is 0 Å². The molecule has 5 heterocycles. The first-order valence-electron chi connectivity index (χ1n) is 11.2. The number of β-lactam (4-membered cyclic amide) rings is 1. The Hall–Kier alpha value is -3.98. The van der Waals surface area contributed by atoms with Gasteiger partial charge in [-0.3, -0.25) is 19.3 Å². The highest BCUT2D eigenvalue weighted by Crippen LogP contribution is 2.40. The molecule has 192 valence electrons. The number of thiazole rings is 1. The monoisotopic (exact) mass is 544 g/mol. The highest BCUT2D eigenvalue weighted by Gasteiger charge is 2.54. The molecule has 13 nitrogen and oxygen atoms in total. The normalized spacial score (nSPS) is 23.3. The molecule has 3 aliphatic rings. The summed E-state index contributed by atoms with van der Waals surface area (Å²) in [6.07, 6.45) is 3.16. The van der Waals surface area contributed by atoms with Gasteiger partial charge in [0, 0.05) is 41.8 Å². The molecule has 0 spiro atoms. The number of aliphatic carboxylic acids is 1. The van der Waals surface area contributed by atoms with Crippen molar-refractivity contribution in [3.63, 3.8) is 0 Å². The van der Waals surface area contributed by atoms with Gasteiger partial charge in [0.05, 0.1) is 0 Å². The maximum Gasteiger partial charge on any atom is 0.352 e. The van der Waals surface area contributed by atoms with Crippen LogP contribution in [0.25, 0.3) is 0 Å². The van der Waals surface area contributed by atoms with E-state index in [4.69, 9.17) is 10.6 Å². The number of anilines is 1. The highest BCUT2D eigenvalue weighted by molar-refractivity contribution is 8.00. The molecule has 15 heteroatoms. The zero-order valence-corrected chi connectivity index (χ0v) is 20.8. The predicted octanol–water partition coefficient (Wildman–Crippen LogP) is -0.939. The van der Waals surface area contributed by atoms with Crippen molar-refractivity contribution in [3.8, 4) is 0 Å². The Morgan fingerprint density at radius 2 is 2.11 bits per heavy atom. The maximum atomic E-state index is 13.2. The van der Waals surface area contributed by atoms with E-state index in [1.165, 1.54) is 22.0 Å². The molecule has 0 radical (unpaired) electrons. The molecule has 3 aliphatic heterocycles. The summed E-state index contributed by atoms with van der Waals surface area (Å²) < 4.78 is 1.83. The van der Waals surface area contributed by atoms with Crippen molar-refractivity contribution in [2.45, 2.75) is 30.5 Å². The smallest absolute Gasteiger partial charge is 0.352 e. The summed E-state index contributed by atoms with van der Waals surface area (Å²) in [5.74, 6) is -2.49. The Bertz CT molecular complexity index is 1330. The minimum atomic E-state index is -1.21. The van der Waals surface area contributed by atoms with E-state index in [2.05, 4.69) is 20.8 Å². The third-order valence-corrected chi connectivity index (χ3v) is 7.95. The molecule has 5 N–H and O–H groups in total. The van der Waals surface area contributed by atoms with Crippen molar-refractivity contribution in [1.82, 2.24) is 20.5 Å². The number of nitrogens with zero attached hydrogens (tertiary/aromatic N) is 4. The van der Waals surface area contributed by atoms with Gasteiger partial charge in [-0.2, -0.15) is 0 Å². The van der Waals surface area contributed by atoms with Crippen LogP contribution in [0.2, 0.25) is 0 Å². The summed E-state index contributed by atoms with van der Waals surface area (Å²) >= 11 is 2.45. The molecular formula is C22H22N7O6S2+. The van der Waals surface area contributed by atoms with E-state index in [1.54, 1.807) is 0 Å². The average molecular weight is 545 g/mol. The van der Waals surface area contributed by atoms with Gasteiger partial charge in [0.1, 0.15) is 22.8 Å². The molecule has 2 aromatic rings. The van der Waals surface area contributed by atoms with Crippen LogP contribution in [-0.4, -0.2) is 74.2 Å². The van der Waals surface area contributed by atoms with Crippen molar-refractivity contribution >= 4 is 57.6 Å². The predicted molar refractivity (Wildman–Crippen MR) is 132 cm³/mol. The molecule has 3 amide bonds. The first-order valence-corrected chi connectivity index (χ1v) is 13.1. The first-order chi connectivity index (χ1) is 17.8. The zero-order chi connectivity index (χ0) is 26.1. The lowest BCUT2D eigenvalue weighted by Crippen LogP contribution is -2.71. The number of thioether (sulfide) groups is 1. The third kappa shape index (κ3) is 4.86. The number of aromatic nitrogens is 2. The molecule has 2 saturated heterocycles. The Balaban J connectivity index is 1.34. The highest BCUT2D eigenvalue weighted by atomic mass is 32.2. The van der Waals surface area contributed by atoms with E-state index >= 15 is 0 Å². The molecule has 1 unspecified atom stereocenters. The van der Waals surface area contributed by atoms with Gasteiger partial charge in [0.2, 0.25) is 6.10 Å². The fourth-order valence-electron chi connectivity index (χ4n) is 4.16. The fraction of sp³-hybridized carbons (Fsp3) is 0.318. The van der Waals surface area contributed by atoms with E-state index in [-0.39, 0.29) is 28.1 Å². The minimum Gasteiger partial charge on any atom is -0.477 e. The number of carbonyl (C=O) groups is 4. The SMILES string of the molecule is Nc1nc(/C(=N/OC2CCNC2=O)C(=O)N[C@@H]2C(=O)N3C(C(=O)O)=C(C[n+]4ccccc4)CS[C@@H]23)cs1.